The second-order valence-electron chi connectivity index (χ2n) is 7.13. The number of rotatable bonds is 2. The van der Waals surface area contributed by atoms with Gasteiger partial charge in [-0.15, -0.1) is 0 Å². The summed E-state index contributed by atoms with van der Waals surface area (Å²) in [6.07, 6.45) is 0.697. The van der Waals surface area contributed by atoms with Gasteiger partial charge in [0.25, 0.3) is 0 Å². The third kappa shape index (κ3) is 2.66. The van der Waals surface area contributed by atoms with Crippen molar-refractivity contribution in [1.82, 2.24) is 5.32 Å². The Labute approximate surface area is 157 Å². The van der Waals surface area contributed by atoms with Crippen molar-refractivity contribution in [3.8, 4) is 34.1 Å². The number of methoxy groups -OCH3 is 1. The number of phenols is 3. The van der Waals surface area contributed by atoms with Gasteiger partial charge >= 0.3 is 0 Å². The Morgan fingerprint density at radius 2 is 1.81 bits per heavy atom. The Kier molecular flexibility index (Phi) is 4.12. The number of benzene rings is 3. The van der Waals surface area contributed by atoms with Crippen LogP contribution in [0.25, 0.3) is 21.9 Å². The fourth-order valence-electron chi connectivity index (χ4n) is 4.23. The Balaban J connectivity index is 2.12. The van der Waals surface area contributed by atoms with Gasteiger partial charge in [0.2, 0.25) is 0 Å². The first-order valence-electron chi connectivity index (χ1n) is 9.04. The Morgan fingerprint density at radius 3 is 2.56 bits per heavy atom. The summed E-state index contributed by atoms with van der Waals surface area (Å²) in [6.45, 7) is 4.73. The van der Waals surface area contributed by atoms with E-state index in [1.54, 1.807) is 13.2 Å². The highest BCUT2D eigenvalue weighted by Crippen LogP contribution is 2.47. The average molecular weight is 365 g/mol. The first kappa shape index (κ1) is 17.5. The Morgan fingerprint density at radius 1 is 1.04 bits per heavy atom. The van der Waals surface area contributed by atoms with Gasteiger partial charge in [0.1, 0.15) is 23.0 Å². The maximum absolute atomic E-state index is 10.7. The normalized spacial score (nSPS) is 16.3. The van der Waals surface area contributed by atoms with Crippen molar-refractivity contribution >= 4 is 10.8 Å². The van der Waals surface area contributed by atoms with Gasteiger partial charge in [-0.05, 0) is 67.1 Å². The molecule has 4 rings (SSSR count). The molecule has 0 aliphatic carbocycles. The fraction of sp³-hybridized carbons (Fsp3) is 0.273. The van der Waals surface area contributed by atoms with Gasteiger partial charge < -0.3 is 25.4 Å². The fourth-order valence-corrected chi connectivity index (χ4v) is 4.23. The molecule has 140 valence electrons. The van der Waals surface area contributed by atoms with Gasteiger partial charge in [0.15, 0.2) is 0 Å². The van der Waals surface area contributed by atoms with Crippen molar-refractivity contribution in [3.05, 3.63) is 47.0 Å². The molecule has 0 saturated carbocycles. The van der Waals surface area contributed by atoms with E-state index in [2.05, 4.69) is 5.32 Å². The summed E-state index contributed by atoms with van der Waals surface area (Å²) in [7, 11) is 1.58. The van der Waals surface area contributed by atoms with E-state index in [0.29, 0.717) is 23.1 Å². The molecule has 1 aliphatic rings. The Bertz CT molecular complexity index is 1060. The predicted molar refractivity (Wildman–Crippen MR) is 106 cm³/mol. The molecule has 0 saturated heterocycles. The maximum Gasteiger partial charge on any atom is 0.130 e. The van der Waals surface area contributed by atoms with Crippen molar-refractivity contribution in [2.75, 3.05) is 13.7 Å². The van der Waals surface area contributed by atoms with Crippen molar-refractivity contribution in [1.29, 1.82) is 0 Å². The molecule has 3 aromatic rings. The van der Waals surface area contributed by atoms with Crippen LogP contribution in [-0.2, 0) is 6.42 Å². The van der Waals surface area contributed by atoms with Crippen molar-refractivity contribution in [2.24, 2.45) is 0 Å². The molecule has 5 nitrogen and oxygen atoms in total. The monoisotopic (exact) mass is 365 g/mol. The highest BCUT2D eigenvalue weighted by molar-refractivity contribution is 6.05. The number of fused-ring (bicyclic) bond motifs is 2. The van der Waals surface area contributed by atoms with Crippen LogP contribution in [0.2, 0.25) is 0 Å². The zero-order chi connectivity index (χ0) is 19.3. The molecule has 0 bridgehead atoms. The van der Waals surface area contributed by atoms with E-state index in [1.807, 2.05) is 32.0 Å². The molecule has 0 fully saturated rings. The molecular weight excluding hydrogens is 342 g/mol. The largest absolute Gasteiger partial charge is 0.507 e. The van der Waals surface area contributed by atoms with Gasteiger partial charge in [0, 0.05) is 23.2 Å². The lowest BCUT2D eigenvalue weighted by Gasteiger charge is -2.28. The second kappa shape index (κ2) is 6.35. The molecule has 1 atom stereocenters. The first-order valence-corrected chi connectivity index (χ1v) is 9.04. The molecule has 5 heteroatoms. The summed E-state index contributed by atoms with van der Waals surface area (Å²) in [6, 6.07) is 8.70. The zero-order valence-electron chi connectivity index (χ0n) is 15.6. The summed E-state index contributed by atoms with van der Waals surface area (Å²) in [5, 5.41) is 36.4. The van der Waals surface area contributed by atoms with Gasteiger partial charge in [-0.2, -0.15) is 0 Å². The second-order valence-corrected chi connectivity index (χ2v) is 7.13. The highest BCUT2D eigenvalue weighted by atomic mass is 16.5. The van der Waals surface area contributed by atoms with E-state index in [-0.39, 0.29) is 23.3 Å². The first-order chi connectivity index (χ1) is 12.9. The van der Waals surface area contributed by atoms with Crippen LogP contribution in [0.15, 0.2) is 30.3 Å². The van der Waals surface area contributed by atoms with E-state index in [0.717, 1.165) is 34.2 Å². The van der Waals surface area contributed by atoms with Crippen LogP contribution < -0.4 is 10.1 Å². The van der Waals surface area contributed by atoms with Crippen LogP contribution in [0.4, 0.5) is 0 Å². The van der Waals surface area contributed by atoms with Crippen LogP contribution in [0.3, 0.4) is 0 Å². The van der Waals surface area contributed by atoms with E-state index in [1.165, 1.54) is 6.07 Å². The molecule has 1 aliphatic heterocycles. The molecule has 0 unspecified atom stereocenters. The maximum atomic E-state index is 10.7. The molecule has 0 aromatic heterocycles. The minimum Gasteiger partial charge on any atom is -0.507 e. The van der Waals surface area contributed by atoms with Crippen LogP contribution in [0, 0.1) is 6.92 Å². The molecule has 0 spiro atoms. The van der Waals surface area contributed by atoms with Crippen molar-refractivity contribution in [3.63, 3.8) is 0 Å². The predicted octanol–water partition coefficient (Wildman–Crippen LogP) is 4.15. The van der Waals surface area contributed by atoms with Crippen LogP contribution in [0.1, 0.15) is 29.7 Å². The minimum atomic E-state index is -0.00671. The average Bonchev–Trinajstić information content (AvgIpc) is 2.62. The number of nitrogens with one attached hydrogen (secondary N) is 1. The summed E-state index contributed by atoms with van der Waals surface area (Å²) in [4.78, 5) is 0. The molecule has 4 N–H and O–H groups in total. The lowest BCUT2D eigenvalue weighted by molar-refractivity contribution is 0.415. The number of aryl methyl sites for hydroxylation is 1. The summed E-state index contributed by atoms with van der Waals surface area (Å²) < 4.78 is 5.49. The van der Waals surface area contributed by atoms with Gasteiger partial charge in [-0.25, -0.2) is 0 Å². The lowest BCUT2D eigenvalue weighted by atomic mass is 9.85. The SMILES string of the molecule is COc1cc(C)cc2c(-c3c(O)cc(O)c4c3CCN[C@@H]4C)ccc(O)c12. The standard InChI is InChI=1S/C22H23NO4/c1-11-8-15-13(4-5-16(24)22(15)19(9-11)27-3)21-14-6-7-23-12(2)20(14)17(25)10-18(21)26/h4-5,8-10,12,23-26H,6-7H2,1-3H3/t12-/m1/s1. The lowest BCUT2D eigenvalue weighted by Crippen LogP contribution is -2.28. The van der Waals surface area contributed by atoms with E-state index in [9.17, 15) is 15.3 Å². The third-order valence-corrected chi connectivity index (χ3v) is 5.38. The topological polar surface area (TPSA) is 82.0 Å². The van der Waals surface area contributed by atoms with Crippen LogP contribution in [0.5, 0.6) is 23.0 Å². The highest BCUT2D eigenvalue weighted by Gasteiger charge is 2.27. The minimum absolute atomic E-state index is 0.00671. The number of hydrogen-bond acceptors (Lipinski definition) is 5. The zero-order valence-corrected chi connectivity index (χ0v) is 15.6. The van der Waals surface area contributed by atoms with E-state index in [4.69, 9.17) is 4.74 Å². The molecule has 3 aromatic carbocycles. The smallest absolute Gasteiger partial charge is 0.130 e. The van der Waals surface area contributed by atoms with Gasteiger partial charge in [-0.3, -0.25) is 0 Å². The summed E-state index contributed by atoms with van der Waals surface area (Å²) in [5.74, 6) is 0.856. The Hall–Kier alpha value is -2.92. The molecular formula is C22H23NO4. The number of phenolic OH excluding ortho intramolecular Hbond substituents is 3. The third-order valence-electron chi connectivity index (χ3n) is 5.38. The number of ether oxygens (including phenoxy) is 1. The molecule has 0 radical (unpaired) electrons. The van der Waals surface area contributed by atoms with Crippen LogP contribution in [-0.4, -0.2) is 29.0 Å². The van der Waals surface area contributed by atoms with Crippen LogP contribution >= 0.6 is 0 Å². The van der Waals surface area contributed by atoms with Gasteiger partial charge in [0.05, 0.1) is 12.5 Å². The molecule has 0 amide bonds. The van der Waals surface area contributed by atoms with E-state index < -0.39 is 0 Å². The van der Waals surface area contributed by atoms with E-state index >= 15 is 0 Å². The van der Waals surface area contributed by atoms with Crippen molar-refractivity contribution < 1.29 is 20.1 Å². The summed E-state index contributed by atoms with van der Waals surface area (Å²) in [5.41, 5.74) is 4.26. The van der Waals surface area contributed by atoms with Crippen molar-refractivity contribution in [2.45, 2.75) is 26.3 Å². The number of aromatic hydroxyl groups is 3. The number of hydrogen-bond donors (Lipinski definition) is 4. The molecule has 27 heavy (non-hydrogen) atoms. The summed E-state index contributed by atoms with van der Waals surface area (Å²) >= 11 is 0. The quantitative estimate of drug-likeness (QED) is 0.549. The molecule has 1 heterocycles. The van der Waals surface area contributed by atoms with Gasteiger partial charge in [-0.1, -0.05) is 6.07 Å².